The Morgan fingerprint density at radius 3 is 2.84 bits per heavy atom. The average Bonchev–Trinajstić information content (AvgIpc) is 2.63. The molecule has 0 saturated heterocycles. The van der Waals surface area contributed by atoms with Gasteiger partial charge < -0.3 is 20.3 Å². The number of phenolic OH excluding ortho intramolecular Hbond substituents is 1. The first kappa shape index (κ1) is 11.7. The van der Waals surface area contributed by atoms with E-state index in [1.165, 1.54) is 0 Å². The van der Waals surface area contributed by atoms with E-state index < -0.39 is 0 Å². The van der Waals surface area contributed by atoms with Gasteiger partial charge in [0.05, 0.1) is 30.5 Å². The van der Waals surface area contributed by atoms with Crippen LogP contribution in [0.25, 0.3) is 11.1 Å². The molecular formula is C13H15N3O3. The molecule has 0 amide bonds. The first-order chi connectivity index (χ1) is 9.18. The Hall–Kier alpha value is -2.37. The lowest BCUT2D eigenvalue weighted by Gasteiger charge is -2.13. The second kappa shape index (κ2) is 4.38. The van der Waals surface area contributed by atoms with Gasteiger partial charge in [-0.15, -0.1) is 0 Å². The van der Waals surface area contributed by atoms with Gasteiger partial charge in [0, 0.05) is 13.5 Å². The zero-order valence-corrected chi connectivity index (χ0v) is 10.6. The van der Waals surface area contributed by atoms with Gasteiger partial charge in [-0.25, -0.2) is 0 Å². The predicted molar refractivity (Wildman–Crippen MR) is 70.3 cm³/mol. The monoisotopic (exact) mass is 261 g/mol. The van der Waals surface area contributed by atoms with Crippen molar-refractivity contribution in [2.45, 2.75) is 6.42 Å². The van der Waals surface area contributed by atoms with Gasteiger partial charge in [-0.05, 0) is 12.1 Å². The minimum atomic E-state index is 0.101. The minimum Gasteiger partial charge on any atom is -0.507 e. The molecule has 1 aromatic heterocycles. The highest BCUT2D eigenvalue weighted by Gasteiger charge is 2.22. The van der Waals surface area contributed by atoms with Crippen LogP contribution >= 0.6 is 0 Å². The van der Waals surface area contributed by atoms with E-state index in [2.05, 4.69) is 5.10 Å². The lowest BCUT2D eigenvalue weighted by molar-refractivity contribution is 0.297. The van der Waals surface area contributed by atoms with Crippen molar-refractivity contribution in [1.29, 1.82) is 0 Å². The number of hydrogen-bond donors (Lipinski definition) is 2. The third-order valence-electron chi connectivity index (χ3n) is 3.15. The summed E-state index contributed by atoms with van der Waals surface area (Å²) in [7, 11) is 1.74. The molecule has 0 fully saturated rings. The number of nitrogens with two attached hydrogens (primary N) is 1. The van der Waals surface area contributed by atoms with E-state index in [1.807, 2.05) is 0 Å². The van der Waals surface area contributed by atoms with Crippen LogP contribution in [0.4, 0.5) is 5.82 Å². The highest BCUT2D eigenvalue weighted by Crippen LogP contribution is 2.46. The van der Waals surface area contributed by atoms with Gasteiger partial charge in [-0.2, -0.15) is 5.10 Å². The Kier molecular flexibility index (Phi) is 2.70. The number of anilines is 1. The van der Waals surface area contributed by atoms with E-state index in [0.29, 0.717) is 41.7 Å². The van der Waals surface area contributed by atoms with Gasteiger partial charge in [0.25, 0.3) is 0 Å². The lowest BCUT2D eigenvalue weighted by Crippen LogP contribution is -2.00. The molecule has 2 heterocycles. The molecule has 6 heteroatoms. The molecule has 0 unspecified atom stereocenters. The molecule has 0 spiro atoms. The Bertz CT molecular complexity index is 622. The Morgan fingerprint density at radius 1 is 1.32 bits per heavy atom. The normalized spacial score (nSPS) is 14.2. The number of fused-ring (bicyclic) bond motifs is 1. The van der Waals surface area contributed by atoms with Crippen molar-refractivity contribution in [3.8, 4) is 28.4 Å². The molecule has 0 atom stereocenters. The molecule has 1 aromatic carbocycles. The third-order valence-corrected chi connectivity index (χ3v) is 3.15. The second-order valence-corrected chi connectivity index (χ2v) is 4.40. The maximum Gasteiger partial charge on any atom is 0.172 e. The van der Waals surface area contributed by atoms with Crippen molar-refractivity contribution in [2.75, 3.05) is 18.9 Å². The highest BCUT2D eigenvalue weighted by molar-refractivity contribution is 5.85. The van der Waals surface area contributed by atoms with Crippen LogP contribution in [-0.2, 0) is 7.05 Å². The number of phenols is 1. The van der Waals surface area contributed by atoms with Gasteiger partial charge in [-0.1, -0.05) is 0 Å². The fraction of sp³-hybridized carbons (Fsp3) is 0.308. The van der Waals surface area contributed by atoms with E-state index in [4.69, 9.17) is 15.2 Å². The Labute approximate surface area is 110 Å². The molecule has 2 aromatic rings. The number of benzene rings is 1. The maximum absolute atomic E-state index is 10.1. The number of aryl methyl sites for hydroxylation is 1. The maximum atomic E-state index is 10.1. The number of rotatable bonds is 1. The zero-order chi connectivity index (χ0) is 13.4. The van der Waals surface area contributed by atoms with Crippen molar-refractivity contribution >= 4 is 5.82 Å². The van der Waals surface area contributed by atoms with Gasteiger partial charge in [0.1, 0.15) is 11.6 Å². The van der Waals surface area contributed by atoms with Crippen LogP contribution in [0.1, 0.15) is 6.42 Å². The molecule has 100 valence electrons. The Morgan fingerprint density at radius 2 is 2.11 bits per heavy atom. The van der Waals surface area contributed by atoms with Crippen molar-refractivity contribution < 1.29 is 14.6 Å². The molecule has 0 saturated carbocycles. The average molecular weight is 261 g/mol. The summed E-state index contributed by atoms with van der Waals surface area (Å²) >= 11 is 0. The molecule has 0 bridgehead atoms. The van der Waals surface area contributed by atoms with E-state index in [0.717, 1.165) is 6.42 Å². The summed E-state index contributed by atoms with van der Waals surface area (Å²) in [5, 5.41) is 14.2. The van der Waals surface area contributed by atoms with E-state index in [1.54, 1.807) is 30.1 Å². The SMILES string of the molecule is Cn1ncc(-c2c(O)ccc3c2OCCCO3)c1N. The number of aromatic nitrogens is 2. The van der Waals surface area contributed by atoms with Crippen LogP contribution in [0.3, 0.4) is 0 Å². The van der Waals surface area contributed by atoms with Crippen LogP contribution in [0.2, 0.25) is 0 Å². The van der Waals surface area contributed by atoms with Crippen LogP contribution in [0.15, 0.2) is 18.3 Å². The zero-order valence-electron chi connectivity index (χ0n) is 10.6. The molecule has 3 rings (SSSR count). The fourth-order valence-electron chi connectivity index (χ4n) is 2.13. The van der Waals surface area contributed by atoms with Crippen molar-refractivity contribution in [1.82, 2.24) is 9.78 Å². The van der Waals surface area contributed by atoms with Crippen molar-refractivity contribution in [3.63, 3.8) is 0 Å². The van der Waals surface area contributed by atoms with Crippen LogP contribution in [0.5, 0.6) is 17.2 Å². The van der Waals surface area contributed by atoms with Crippen LogP contribution in [-0.4, -0.2) is 28.1 Å². The quantitative estimate of drug-likeness (QED) is 0.813. The number of nitrogen functional groups attached to an aromatic ring is 1. The summed E-state index contributed by atoms with van der Waals surface area (Å²) in [5.41, 5.74) is 7.14. The third kappa shape index (κ3) is 1.85. The number of nitrogens with zero attached hydrogens (tertiary/aromatic N) is 2. The van der Waals surface area contributed by atoms with E-state index in [9.17, 15) is 5.11 Å². The molecule has 3 N–H and O–H groups in total. The lowest BCUT2D eigenvalue weighted by atomic mass is 10.1. The molecule has 0 aliphatic carbocycles. The first-order valence-corrected chi connectivity index (χ1v) is 6.08. The second-order valence-electron chi connectivity index (χ2n) is 4.40. The van der Waals surface area contributed by atoms with Crippen LogP contribution in [0, 0.1) is 0 Å². The van der Waals surface area contributed by atoms with Gasteiger partial charge >= 0.3 is 0 Å². The topological polar surface area (TPSA) is 82.5 Å². The summed E-state index contributed by atoms with van der Waals surface area (Å²) in [5.74, 6) is 1.71. The Balaban J connectivity index is 2.22. The van der Waals surface area contributed by atoms with E-state index in [-0.39, 0.29) is 5.75 Å². The predicted octanol–water partition coefficient (Wildman–Crippen LogP) is 1.54. The van der Waals surface area contributed by atoms with Crippen molar-refractivity contribution in [2.24, 2.45) is 7.05 Å². The summed E-state index contributed by atoms with van der Waals surface area (Å²) < 4.78 is 12.9. The summed E-state index contributed by atoms with van der Waals surface area (Å²) in [4.78, 5) is 0. The number of aromatic hydroxyl groups is 1. The summed E-state index contributed by atoms with van der Waals surface area (Å²) in [6.07, 6.45) is 2.41. The molecule has 19 heavy (non-hydrogen) atoms. The molecular weight excluding hydrogens is 246 g/mol. The molecule has 0 radical (unpaired) electrons. The largest absolute Gasteiger partial charge is 0.507 e. The van der Waals surface area contributed by atoms with Gasteiger partial charge in [0.15, 0.2) is 11.5 Å². The number of hydrogen-bond acceptors (Lipinski definition) is 5. The first-order valence-electron chi connectivity index (χ1n) is 6.08. The van der Waals surface area contributed by atoms with Crippen LogP contribution < -0.4 is 15.2 Å². The summed E-state index contributed by atoms with van der Waals surface area (Å²) in [6.45, 7) is 1.14. The number of ether oxygens (including phenoxy) is 2. The van der Waals surface area contributed by atoms with Gasteiger partial charge in [0.2, 0.25) is 0 Å². The van der Waals surface area contributed by atoms with Crippen molar-refractivity contribution in [3.05, 3.63) is 18.3 Å². The smallest absolute Gasteiger partial charge is 0.172 e. The fourth-order valence-corrected chi connectivity index (χ4v) is 2.13. The highest BCUT2D eigenvalue weighted by atomic mass is 16.5. The molecule has 1 aliphatic rings. The summed E-state index contributed by atoms with van der Waals surface area (Å²) in [6, 6.07) is 3.28. The minimum absolute atomic E-state index is 0.101. The molecule has 6 nitrogen and oxygen atoms in total. The van der Waals surface area contributed by atoms with E-state index >= 15 is 0 Å². The van der Waals surface area contributed by atoms with Gasteiger partial charge in [-0.3, -0.25) is 4.68 Å². The standard InChI is InChI=1S/C13H15N3O3/c1-16-13(14)8(7-15-16)11-9(17)3-4-10-12(11)19-6-2-5-18-10/h3-4,7,17H,2,5-6,14H2,1H3. The molecule has 1 aliphatic heterocycles.